The maximum atomic E-state index is 12.9. The van der Waals surface area contributed by atoms with E-state index in [-0.39, 0.29) is 147 Å². The number of benzene rings is 6. The van der Waals surface area contributed by atoms with Gasteiger partial charge in [-0.05, 0) is 186 Å². The zero-order valence-electron chi connectivity index (χ0n) is 49.2. The van der Waals surface area contributed by atoms with Gasteiger partial charge in [-0.15, -0.1) is 0 Å². The Morgan fingerprint density at radius 2 is 0.407 bits per heavy atom. The minimum absolute atomic E-state index is 0.0962. The van der Waals surface area contributed by atoms with Crippen molar-refractivity contribution < 1.29 is 95.2 Å². The number of hydrogen-bond donors (Lipinski definition) is 0. The highest BCUT2D eigenvalue weighted by Crippen LogP contribution is 2.31. The Kier molecular flexibility index (Phi) is 24.8. The van der Waals surface area contributed by atoms with Crippen molar-refractivity contribution in [3.05, 3.63) is 187 Å². The Labute approximate surface area is 498 Å². The molecule has 0 saturated carbocycles. The van der Waals surface area contributed by atoms with Crippen LogP contribution < -0.4 is 18.9 Å². The topological polar surface area (TPSA) is 247 Å². The quantitative estimate of drug-likeness (QED) is 0.0231. The molecule has 0 fully saturated rings. The van der Waals surface area contributed by atoms with Crippen LogP contribution in [0.5, 0.6) is 23.0 Å². The second-order valence-electron chi connectivity index (χ2n) is 18.4. The van der Waals surface area contributed by atoms with E-state index >= 15 is 0 Å². The highest BCUT2D eigenvalue weighted by molar-refractivity contribution is 5.98. The monoisotopic (exact) mass is 1180 g/mol. The molecule has 0 amide bonds. The SMILES string of the molecule is CCOC(=O)c1cc(COc2cc(/C=C/c3cc(OCc4cc(C(=O)OCC)cc(C(=O)OCC)c4)cc(OCc4cc(C(=O)OCC)cc(C(=O)OCC)c4)c3)cc(OCc3cc(C(=O)OCC)cc(C(=O)OCC)c3)c2)cc(C(=O)OCC)c1. The van der Waals surface area contributed by atoms with Gasteiger partial charge in [-0.25, -0.2) is 38.4 Å². The van der Waals surface area contributed by atoms with E-state index in [0.29, 0.717) is 33.4 Å². The van der Waals surface area contributed by atoms with Crippen LogP contribution in [0.15, 0.2) is 109 Å². The van der Waals surface area contributed by atoms with Gasteiger partial charge in [0.05, 0.1) is 97.4 Å². The molecule has 0 aliphatic carbocycles. The molecule has 20 nitrogen and oxygen atoms in total. The average molecular weight is 1180 g/mol. The lowest BCUT2D eigenvalue weighted by molar-refractivity contribution is 0.0505. The molecule has 452 valence electrons. The van der Waals surface area contributed by atoms with E-state index in [2.05, 4.69) is 0 Å². The molecule has 0 bridgehead atoms. The van der Waals surface area contributed by atoms with E-state index in [0.717, 1.165) is 0 Å². The molecule has 0 radical (unpaired) electrons. The van der Waals surface area contributed by atoms with Crippen molar-refractivity contribution in [2.75, 3.05) is 52.9 Å². The summed E-state index contributed by atoms with van der Waals surface area (Å²) < 4.78 is 67.3. The van der Waals surface area contributed by atoms with E-state index in [4.69, 9.17) is 56.8 Å². The molecular formula is C66H68O20. The first-order valence-electron chi connectivity index (χ1n) is 27.9. The van der Waals surface area contributed by atoms with Gasteiger partial charge in [-0.1, -0.05) is 12.2 Å². The molecular weight excluding hydrogens is 1110 g/mol. The van der Waals surface area contributed by atoms with Crippen molar-refractivity contribution >= 4 is 59.9 Å². The Morgan fingerprint density at radius 1 is 0.244 bits per heavy atom. The Balaban J connectivity index is 1.43. The number of carbonyl (C=O) groups excluding carboxylic acids is 8. The standard InChI is InChI=1S/C66H68O20/c1-9-75-59(67)47-19-43(20-48(31-47)60(68)76-10-2)37-83-55-27-41(28-56(35-55)84-38-44-21-49(61(69)77-11-3)32-50(22-44)62(70)78-12-4)17-18-42-29-57(85-39-45-23-51(63(71)79-13-5)33-52(24-45)64(72)80-14-6)36-58(30-42)86-40-46-25-53(65(73)81-15-7)34-54(26-46)66(74)82-16-8/h17-36H,9-16,37-40H2,1-8H3/b18-17+. The summed E-state index contributed by atoms with van der Waals surface area (Å²) in [5.41, 5.74) is 3.65. The molecule has 20 heteroatoms. The third-order valence-corrected chi connectivity index (χ3v) is 12.0. The fourth-order valence-corrected chi connectivity index (χ4v) is 8.33. The van der Waals surface area contributed by atoms with E-state index in [1.165, 1.54) is 24.3 Å². The van der Waals surface area contributed by atoms with Crippen molar-refractivity contribution in [2.24, 2.45) is 0 Å². The smallest absolute Gasteiger partial charge is 0.338 e. The fraction of sp³-hybridized carbons (Fsp3) is 0.303. The molecule has 0 saturated heterocycles. The zero-order valence-corrected chi connectivity index (χ0v) is 49.2. The van der Waals surface area contributed by atoms with Gasteiger partial charge < -0.3 is 56.8 Å². The van der Waals surface area contributed by atoms with Gasteiger partial charge in [-0.2, -0.15) is 0 Å². The summed E-state index contributed by atoms with van der Waals surface area (Å²) in [5.74, 6) is -4.12. The highest BCUT2D eigenvalue weighted by atomic mass is 16.6. The first kappa shape index (κ1) is 65.2. The summed E-state index contributed by atoms with van der Waals surface area (Å²) in [6.45, 7) is 13.5. The van der Waals surface area contributed by atoms with Gasteiger partial charge in [0.25, 0.3) is 0 Å². The predicted octanol–water partition coefficient (Wildman–Crippen LogP) is 11.6. The van der Waals surface area contributed by atoms with Gasteiger partial charge in [0.2, 0.25) is 0 Å². The Bertz CT molecular complexity index is 2870. The zero-order chi connectivity index (χ0) is 62.1. The second kappa shape index (κ2) is 32.8. The molecule has 0 aliphatic heterocycles. The molecule has 0 aliphatic rings. The molecule has 0 spiro atoms. The summed E-state index contributed by atoms with van der Waals surface area (Å²) >= 11 is 0. The van der Waals surface area contributed by atoms with E-state index < -0.39 is 47.8 Å². The maximum Gasteiger partial charge on any atom is 0.338 e. The van der Waals surface area contributed by atoms with Crippen LogP contribution in [0.25, 0.3) is 12.2 Å². The fourth-order valence-electron chi connectivity index (χ4n) is 8.33. The number of rotatable bonds is 30. The second-order valence-corrected chi connectivity index (χ2v) is 18.4. The normalized spacial score (nSPS) is 10.7. The van der Waals surface area contributed by atoms with E-state index in [1.54, 1.807) is 152 Å². The minimum atomic E-state index is -0.651. The van der Waals surface area contributed by atoms with Crippen LogP contribution in [0, 0.1) is 0 Å². The Morgan fingerprint density at radius 3 is 0.558 bits per heavy atom. The van der Waals surface area contributed by atoms with E-state index in [1.807, 2.05) is 0 Å². The largest absolute Gasteiger partial charge is 0.489 e. The molecule has 0 heterocycles. The number of esters is 8. The molecule has 6 rings (SSSR count). The minimum Gasteiger partial charge on any atom is -0.489 e. The number of hydrogen-bond acceptors (Lipinski definition) is 20. The molecule has 0 unspecified atom stereocenters. The van der Waals surface area contributed by atoms with Gasteiger partial charge in [0.1, 0.15) is 49.4 Å². The predicted molar refractivity (Wildman–Crippen MR) is 313 cm³/mol. The molecule has 0 aromatic heterocycles. The first-order chi connectivity index (χ1) is 41.5. The van der Waals surface area contributed by atoms with Crippen LogP contribution in [0.3, 0.4) is 0 Å². The third kappa shape index (κ3) is 19.3. The van der Waals surface area contributed by atoms with E-state index in [9.17, 15) is 38.4 Å². The lowest BCUT2D eigenvalue weighted by atomic mass is 10.1. The van der Waals surface area contributed by atoms with Crippen LogP contribution in [-0.4, -0.2) is 101 Å². The van der Waals surface area contributed by atoms with Crippen molar-refractivity contribution in [2.45, 2.75) is 81.8 Å². The van der Waals surface area contributed by atoms with Crippen LogP contribution in [-0.2, 0) is 64.3 Å². The van der Waals surface area contributed by atoms with Crippen molar-refractivity contribution in [3.8, 4) is 23.0 Å². The first-order valence-corrected chi connectivity index (χ1v) is 27.9. The average Bonchev–Trinajstić information content (AvgIpc) is 3.34. The maximum absolute atomic E-state index is 12.9. The summed E-state index contributed by atoms with van der Waals surface area (Å²) in [6, 6.07) is 27.9. The van der Waals surface area contributed by atoms with Crippen molar-refractivity contribution in [1.82, 2.24) is 0 Å². The molecule has 6 aromatic carbocycles. The molecule has 6 aromatic rings. The van der Waals surface area contributed by atoms with Gasteiger partial charge >= 0.3 is 47.8 Å². The Hall–Kier alpha value is -9.98. The van der Waals surface area contributed by atoms with Crippen LogP contribution in [0.2, 0.25) is 0 Å². The van der Waals surface area contributed by atoms with Gasteiger partial charge in [-0.3, -0.25) is 0 Å². The summed E-state index contributed by atoms with van der Waals surface area (Å²) in [5, 5.41) is 0. The summed E-state index contributed by atoms with van der Waals surface area (Å²) in [6.07, 6.45) is 3.48. The highest BCUT2D eigenvalue weighted by Gasteiger charge is 2.21. The molecule has 0 N–H and O–H groups in total. The number of ether oxygens (including phenoxy) is 12. The third-order valence-electron chi connectivity index (χ3n) is 12.0. The van der Waals surface area contributed by atoms with Crippen LogP contribution in [0.4, 0.5) is 0 Å². The van der Waals surface area contributed by atoms with Gasteiger partial charge in [0, 0.05) is 12.1 Å². The molecule has 86 heavy (non-hydrogen) atoms. The summed E-state index contributed by atoms with van der Waals surface area (Å²) in [4.78, 5) is 104. The molecule has 0 atom stereocenters. The summed E-state index contributed by atoms with van der Waals surface area (Å²) in [7, 11) is 0. The lowest BCUT2D eigenvalue weighted by Gasteiger charge is -2.14. The van der Waals surface area contributed by atoms with Gasteiger partial charge in [0.15, 0.2) is 0 Å². The van der Waals surface area contributed by atoms with Crippen LogP contribution in [0.1, 0.15) is 172 Å². The van der Waals surface area contributed by atoms with Crippen LogP contribution >= 0.6 is 0 Å². The number of carbonyl (C=O) groups is 8. The van der Waals surface area contributed by atoms with Crippen molar-refractivity contribution in [1.29, 1.82) is 0 Å². The lowest BCUT2D eigenvalue weighted by Crippen LogP contribution is -2.11. The van der Waals surface area contributed by atoms with Crippen molar-refractivity contribution in [3.63, 3.8) is 0 Å².